The predicted octanol–water partition coefficient (Wildman–Crippen LogP) is 4.57. The summed E-state index contributed by atoms with van der Waals surface area (Å²) in [5, 5.41) is 2.07. The van der Waals surface area contributed by atoms with Gasteiger partial charge in [0.25, 0.3) is 5.91 Å². The fourth-order valence-corrected chi connectivity index (χ4v) is 5.56. The molecule has 36 heavy (non-hydrogen) atoms. The van der Waals surface area contributed by atoms with E-state index in [1.807, 2.05) is 29.2 Å². The van der Waals surface area contributed by atoms with Gasteiger partial charge in [-0.3, -0.25) is 9.59 Å². The highest BCUT2D eigenvalue weighted by Crippen LogP contribution is 2.35. The first-order chi connectivity index (χ1) is 17.6. The number of hydrogen-bond acceptors (Lipinski definition) is 6. The third-order valence-corrected chi connectivity index (χ3v) is 7.75. The van der Waals surface area contributed by atoms with Crippen molar-refractivity contribution < 1.29 is 23.8 Å². The zero-order chi connectivity index (χ0) is 25.1. The number of nitrogens with zero attached hydrogens (tertiary/aromatic N) is 2. The lowest BCUT2D eigenvalue weighted by molar-refractivity contribution is -0.135. The van der Waals surface area contributed by atoms with Gasteiger partial charge in [0.15, 0.2) is 0 Å². The quantitative estimate of drug-likeness (QED) is 0.425. The number of rotatable bonds is 9. The van der Waals surface area contributed by atoms with Crippen LogP contribution in [-0.2, 0) is 11.2 Å². The Morgan fingerprint density at radius 2 is 1.75 bits per heavy atom. The van der Waals surface area contributed by atoms with Gasteiger partial charge in [0.2, 0.25) is 5.91 Å². The molecule has 8 heteroatoms. The summed E-state index contributed by atoms with van der Waals surface area (Å²) < 4.78 is 16.7. The molecule has 2 aromatic carbocycles. The van der Waals surface area contributed by atoms with E-state index in [0.29, 0.717) is 30.2 Å². The second-order valence-corrected chi connectivity index (χ2v) is 10.0. The average Bonchev–Trinajstić information content (AvgIpc) is 3.65. The Morgan fingerprint density at radius 3 is 2.47 bits per heavy atom. The molecule has 3 aromatic rings. The second-order valence-electron chi connectivity index (χ2n) is 9.03. The SMILES string of the molecule is COc1ccc(C(=O)N(CC(=O)N2CCc3sccc3[C@@H]2COc2cccc(OC)c2)C2CC2)cc1. The van der Waals surface area contributed by atoms with E-state index < -0.39 is 0 Å². The molecule has 0 N–H and O–H groups in total. The number of benzene rings is 2. The van der Waals surface area contributed by atoms with Crippen LogP contribution < -0.4 is 14.2 Å². The summed E-state index contributed by atoms with van der Waals surface area (Å²) in [5.74, 6) is 1.93. The normalized spacial score (nSPS) is 16.7. The molecule has 5 rings (SSSR count). The molecule has 2 aliphatic rings. The van der Waals surface area contributed by atoms with Crippen LogP contribution in [0.4, 0.5) is 0 Å². The Hall–Kier alpha value is -3.52. The maximum atomic E-state index is 13.7. The number of carbonyl (C=O) groups excluding carboxylic acids is 2. The first-order valence-electron chi connectivity index (χ1n) is 12.1. The first kappa shape index (κ1) is 24.2. The van der Waals surface area contributed by atoms with Gasteiger partial charge in [0.05, 0.1) is 20.3 Å². The molecule has 1 saturated carbocycles. The van der Waals surface area contributed by atoms with Crippen molar-refractivity contribution in [3.63, 3.8) is 0 Å². The number of carbonyl (C=O) groups is 2. The van der Waals surface area contributed by atoms with Crippen molar-refractivity contribution in [1.29, 1.82) is 0 Å². The van der Waals surface area contributed by atoms with Crippen LogP contribution in [0.2, 0.25) is 0 Å². The van der Waals surface area contributed by atoms with Crippen molar-refractivity contribution in [2.24, 2.45) is 0 Å². The van der Waals surface area contributed by atoms with Gasteiger partial charge in [-0.2, -0.15) is 0 Å². The van der Waals surface area contributed by atoms with E-state index >= 15 is 0 Å². The van der Waals surface area contributed by atoms with Crippen molar-refractivity contribution in [2.45, 2.75) is 31.3 Å². The smallest absolute Gasteiger partial charge is 0.254 e. The summed E-state index contributed by atoms with van der Waals surface area (Å²) in [4.78, 5) is 31.9. The molecule has 0 spiro atoms. The van der Waals surface area contributed by atoms with Crippen molar-refractivity contribution in [3.05, 3.63) is 76.0 Å². The number of fused-ring (bicyclic) bond motifs is 1. The molecule has 7 nitrogen and oxygen atoms in total. The van der Waals surface area contributed by atoms with Crippen LogP contribution in [0.3, 0.4) is 0 Å². The lowest BCUT2D eigenvalue weighted by Gasteiger charge is -2.37. The van der Waals surface area contributed by atoms with Crippen molar-refractivity contribution in [2.75, 3.05) is 33.9 Å². The molecule has 188 valence electrons. The Bertz CT molecular complexity index is 1220. The summed E-state index contributed by atoms with van der Waals surface area (Å²) in [6.45, 7) is 0.997. The minimum absolute atomic E-state index is 0.0557. The van der Waals surface area contributed by atoms with Crippen LogP contribution in [0, 0.1) is 0 Å². The molecule has 0 unspecified atom stereocenters. The van der Waals surface area contributed by atoms with Crippen molar-refractivity contribution in [3.8, 4) is 17.2 Å². The van der Waals surface area contributed by atoms with Crippen LogP contribution in [0.25, 0.3) is 0 Å². The van der Waals surface area contributed by atoms with Crippen LogP contribution >= 0.6 is 11.3 Å². The number of amides is 2. The fourth-order valence-electron chi connectivity index (χ4n) is 4.63. The maximum Gasteiger partial charge on any atom is 0.254 e. The van der Waals surface area contributed by atoms with Gasteiger partial charge < -0.3 is 24.0 Å². The molecular formula is C28H30N2O5S. The molecule has 0 saturated heterocycles. The number of thiophene rings is 1. The third-order valence-electron chi connectivity index (χ3n) is 6.76. The largest absolute Gasteiger partial charge is 0.497 e. The number of ether oxygens (including phenoxy) is 3. The van der Waals surface area contributed by atoms with E-state index in [2.05, 4.69) is 11.4 Å². The van der Waals surface area contributed by atoms with Crippen LogP contribution in [0.15, 0.2) is 60.0 Å². The van der Waals surface area contributed by atoms with Crippen molar-refractivity contribution in [1.82, 2.24) is 9.80 Å². The van der Waals surface area contributed by atoms with Gasteiger partial charge in [-0.25, -0.2) is 0 Å². The van der Waals surface area contributed by atoms with Gasteiger partial charge in [0.1, 0.15) is 30.4 Å². The zero-order valence-electron chi connectivity index (χ0n) is 20.5. The molecule has 1 aliphatic carbocycles. The molecule has 2 amide bonds. The summed E-state index contributed by atoms with van der Waals surface area (Å²) in [6, 6.07) is 16.5. The second kappa shape index (κ2) is 10.6. The summed E-state index contributed by atoms with van der Waals surface area (Å²) in [5.41, 5.74) is 1.69. The molecule has 1 fully saturated rings. The minimum Gasteiger partial charge on any atom is -0.497 e. The van der Waals surface area contributed by atoms with Gasteiger partial charge >= 0.3 is 0 Å². The lowest BCUT2D eigenvalue weighted by atomic mass is 10.0. The first-order valence-corrected chi connectivity index (χ1v) is 13.0. The highest BCUT2D eigenvalue weighted by molar-refractivity contribution is 7.10. The summed E-state index contributed by atoms with van der Waals surface area (Å²) in [7, 11) is 3.22. The molecule has 0 bridgehead atoms. The zero-order valence-corrected chi connectivity index (χ0v) is 21.3. The summed E-state index contributed by atoms with van der Waals surface area (Å²) >= 11 is 1.72. The minimum atomic E-state index is -0.212. The third kappa shape index (κ3) is 5.18. The number of hydrogen-bond donors (Lipinski definition) is 0. The van der Waals surface area contributed by atoms with Gasteiger partial charge in [-0.1, -0.05) is 6.07 Å². The Kier molecular flexibility index (Phi) is 7.13. The lowest BCUT2D eigenvalue weighted by Crippen LogP contribution is -2.48. The molecular weight excluding hydrogens is 476 g/mol. The fraction of sp³-hybridized carbons (Fsp3) is 0.357. The van der Waals surface area contributed by atoms with Gasteiger partial charge in [-0.15, -0.1) is 11.3 Å². The standard InChI is InChI=1S/C28H30N2O5S/c1-33-21-10-6-19(7-11-21)28(32)30(20-8-9-20)17-27(31)29-14-12-26-24(13-15-36-26)25(29)18-35-23-5-3-4-22(16-23)34-2/h3-7,10-11,13,15-16,20,25H,8-9,12,14,17-18H2,1-2H3/t25-/m0/s1. The monoisotopic (exact) mass is 506 g/mol. The van der Waals surface area contributed by atoms with Gasteiger partial charge in [0, 0.05) is 29.1 Å². The number of methoxy groups -OCH3 is 2. The van der Waals surface area contributed by atoms with Crippen LogP contribution in [-0.4, -0.2) is 61.6 Å². The summed E-state index contributed by atoms with van der Waals surface area (Å²) in [6.07, 6.45) is 2.66. The van der Waals surface area contributed by atoms with E-state index in [-0.39, 0.29) is 30.4 Å². The topological polar surface area (TPSA) is 68.3 Å². The molecule has 1 aliphatic heterocycles. The Labute approximate surface area is 215 Å². The molecule has 1 atom stereocenters. The predicted molar refractivity (Wildman–Crippen MR) is 138 cm³/mol. The average molecular weight is 507 g/mol. The van der Waals surface area contributed by atoms with E-state index in [9.17, 15) is 9.59 Å². The van der Waals surface area contributed by atoms with E-state index in [4.69, 9.17) is 14.2 Å². The Morgan fingerprint density at radius 1 is 1.00 bits per heavy atom. The maximum absolute atomic E-state index is 13.7. The van der Waals surface area contributed by atoms with Crippen LogP contribution in [0.1, 0.15) is 39.7 Å². The van der Waals surface area contributed by atoms with Crippen molar-refractivity contribution >= 4 is 23.2 Å². The van der Waals surface area contributed by atoms with E-state index in [0.717, 1.165) is 30.6 Å². The molecule has 2 heterocycles. The Balaban J connectivity index is 1.33. The molecule has 0 radical (unpaired) electrons. The van der Waals surface area contributed by atoms with Gasteiger partial charge in [-0.05, 0) is 72.7 Å². The van der Waals surface area contributed by atoms with Crippen LogP contribution in [0.5, 0.6) is 17.2 Å². The highest BCUT2D eigenvalue weighted by Gasteiger charge is 2.38. The van der Waals surface area contributed by atoms with E-state index in [1.54, 1.807) is 54.7 Å². The highest BCUT2D eigenvalue weighted by atomic mass is 32.1. The van der Waals surface area contributed by atoms with E-state index in [1.165, 1.54) is 4.88 Å². The molecule has 1 aromatic heterocycles.